The van der Waals surface area contributed by atoms with Gasteiger partial charge in [-0.25, -0.2) is 0 Å². The molecule has 0 saturated heterocycles. The summed E-state index contributed by atoms with van der Waals surface area (Å²) in [7, 11) is 1.50. The highest BCUT2D eigenvalue weighted by atomic mass is 32.1. The molecule has 0 aliphatic rings. The van der Waals surface area contributed by atoms with Gasteiger partial charge < -0.3 is 4.74 Å². The molecule has 0 atom stereocenters. The highest BCUT2D eigenvalue weighted by Crippen LogP contribution is 2.20. The zero-order chi connectivity index (χ0) is 13.8. The summed E-state index contributed by atoms with van der Waals surface area (Å²) in [6.45, 7) is 4.08. The van der Waals surface area contributed by atoms with Crippen molar-refractivity contribution in [1.82, 2.24) is 14.2 Å². The summed E-state index contributed by atoms with van der Waals surface area (Å²) in [4.78, 5) is 12.0. The van der Waals surface area contributed by atoms with E-state index in [0.29, 0.717) is 11.4 Å². The summed E-state index contributed by atoms with van der Waals surface area (Å²) in [5.74, 6) is 0.249. The molecule has 0 fully saturated rings. The molecule has 0 N–H and O–H groups in total. The van der Waals surface area contributed by atoms with Crippen molar-refractivity contribution in [3.05, 3.63) is 35.0 Å². The molecule has 0 radical (unpaired) electrons. The summed E-state index contributed by atoms with van der Waals surface area (Å²) in [5.41, 5.74) is 1.38. The van der Waals surface area contributed by atoms with Crippen molar-refractivity contribution in [3.8, 4) is 5.88 Å². The SMILES string of the molecule is COc1nscc1C(=O)C=Cc1ccnn1C(C)C. The molecule has 0 aromatic carbocycles. The van der Waals surface area contributed by atoms with Gasteiger partial charge in [-0.15, -0.1) is 0 Å². The Bertz CT molecular complexity index is 599. The summed E-state index contributed by atoms with van der Waals surface area (Å²) in [5, 5.41) is 5.90. The van der Waals surface area contributed by atoms with Crippen LogP contribution in [0.1, 0.15) is 35.9 Å². The van der Waals surface area contributed by atoms with Crippen LogP contribution in [0.25, 0.3) is 6.08 Å². The van der Waals surface area contributed by atoms with E-state index in [4.69, 9.17) is 4.74 Å². The average molecular weight is 277 g/mol. The van der Waals surface area contributed by atoms with Crippen LogP contribution in [-0.4, -0.2) is 27.0 Å². The number of aromatic nitrogens is 3. The predicted octanol–water partition coefficient (Wildman–Crippen LogP) is 2.83. The first-order valence-corrected chi connectivity index (χ1v) is 6.71. The predicted molar refractivity (Wildman–Crippen MR) is 74.6 cm³/mol. The van der Waals surface area contributed by atoms with Crippen LogP contribution in [0.4, 0.5) is 0 Å². The number of rotatable bonds is 5. The van der Waals surface area contributed by atoms with Gasteiger partial charge in [0.1, 0.15) is 0 Å². The van der Waals surface area contributed by atoms with Crippen LogP contribution in [-0.2, 0) is 0 Å². The van der Waals surface area contributed by atoms with Crippen molar-refractivity contribution >= 4 is 23.4 Å². The smallest absolute Gasteiger partial charge is 0.236 e. The van der Waals surface area contributed by atoms with E-state index in [1.54, 1.807) is 17.7 Å². The van der Waals surface area contributed by atoms with Crippen molar-refractivity contribution in [2.24, 2.45) is 0 Å². The van der Waals surface area contributed by atoms with Gasteiger partial charge in [0.15, 0.2) is 5.78 Å². The van der Waals surface area contributed by atoms with Crippen molar-refractivity contribution < 1.29 is 9.53 Å². The van der Waals surface area contributed by atoms with E-state index in [1.807, 2.05) is 24.6 Å². The van der Waals surface area contributed by atoms with E-state index < -0.39 is 0 Å². The Morgan fingerprint density at radius 2 is 2.32 bits per heavy atom. The maximum atomic E-state index is 12.0. The molecular formula is C13H15N3O2S. The largest absolute Gasteiger partial charge is 0.480 e. The topological polar surface area (TPSA) is 57.0 Å². The maximum Gasteiger partial charge on any atom is 0.236 e. The number of carbonyl (C=O) groups is 1. The molecule has 0 bridgehead atoms. The summed E-state index contributed by atoms with van der Waals surface area (Å²) in [6.07, 6.45) is 4.99. The fourth-order valence-corrected chi connectivity index (χ4v) is 2.32. The Morgan fingerprint density at radius 3 is 3.00 bits per heavy atom. The van der Waals surface area contributed by atoms with Crippen LogP contribution in [0.2, 0.25) is 0 Å². The molecule has 6 heteroatoms. The third-order valence-electron chi connectivity index (χ3n) is 2.59. The molecular weight excluding hydrogens is 262 g/mol. The van der Waals surface area contributed by atoms with Gasteiger partial charge in [-0.3, -0.25) is 9.48 Å². The standard InChI is InChI=1S/C13H15N3O2S/c1-9(2)16-10(6-7-14-16)4-5-12(17)11-8-19-15-13(11)18-3/h4-9H,1-3H3. The van der Waals surface area contributed by atoms with E-state index >= 15 is 0 Å². The van der Waals surface area contributed by atoms with Crippen LogP contribution < -0.4 is 4.74 Å². The zero-order valence-corrected chi connectivity index (χ0v) is 11.8. The lowest BCUT2D eigenvalue weighted by Gasteiger charge is -2.07. The lowest BCUT2D eigenvalue weighted by Crippen LogP contribution is -2.04. The number of methoxy groups -OCH3 is 1. The van der Waals surface area contributed by atoms with E-state index in [2.05, 4.69) is 9.47 Å². The third-order valence-corrected chi connectivity index (χ3v) is 3.20. The van der Waals surface area contributed by atoms with Gasteiger partial charge in [0.2, 0.25) is 5.88 Å². The highest BCUT2D eigenvalue weighted by Gasteiger charge is 2.12. The highest BCUT2D eigenvalue weighted by molar-refractivity contribution is 7.04. The van der Waals surface area contributed by atoms with Gasteiger partial charge in [0, 0.05) is 17.6 Å². The molecule has 19 heavy (non-hydrogen) atoms. The van der Waals surface area contributed by atoms with Crippen molar-refractivity contribution in [3.63, 3.8) is 0 Å². The third kappa shape index (κ3) is 2.90. The van der Waals surface area contributed by atoms with Gasteiger partial charge in [0.05, 0.1) is 18.4 Å². The van der Waals surface area contributed by atoms with E-state index in [1.165, 1.54) is 24.7 Å². The molecule has 2 aromatic heterocycles. The minimum Gasteiger partial charge on any atom is -0.480 e. The first kappa shape index (κ1) is 13.5. The number of nitrogens with zero attached hydrogens (tertiary/aromatic N) is 3. The Labute approximate surface area is 115 Å². The number of allylic oxidation sites excluding steroid dienone is 1. The van der Waals surface area contributed by atoms with E-state index in [0.717, 1.165) is 5.69 Å². The molecule has 0 amide bonds. The number of carbonyl (C=O) groups excluding carboxylic acids is 1. The minimum absolute atomic E-state index is 0.123. The minimum atomic E-state index is -0.123. The number of ether oxygens (including phenoxy) is 1. The summed E-state index contributed by atoms with van der Waals surface area (Å²) < 4.78 is 10.9. The molecule has 2 heterocycles. The number of hydrogen-bond donors (Lipinski definition) is 0. The Morgan fingerprint density at radius 1 is 1.53 bits per heavy atom. The summed E-state index contributed by atoms with van der Waals surface area (Å²) in [6, 6.07) is 2.12. The first-order valence-electron chi connectivity index (χ1n) is 5.87. The normalized spacial score (nSPS) is 11.4. The van der Waals surface area contributed by atoms with Gasteiger partial charge in [0.25, 0.3) is 0 Å². The van der Waals surface area contributed by atoms with Crippen LogP contribution in [0.5, 0.6) is 5.88 Å². The molecule has 0 unspecified atom stereocenters. The van der Waals surface area contributed by atoms with Gasteiger partial charge in [-0.1, -0.05) is 0 Å². The monoisotopic (exact) mass is 277 g/mol. The second kappa shape index (κ2) is 5.79. The maximum absolute atomic E-state index is 12.0. The van der Waals surface area contributed by atoms with Crippen LogP contribution in [0, 0.1) is 0 Å². The van der Waals surface area contributed by atoms with Crippen LogP contribution in [0.15, 0.2) is 23.7 Å². The van der Waals surface area contributed by atoms with Gasteiger partial charge >= 0.3 is 0 Å². The van der Waals surface area contributed by atoms with Crippen LogP contribution in [0.3, 0.4) is 0 Å². The molecule has 100 valence electrons. The van der Waals surface area contributed by atoms with Gasteiger partial charge in [-0.2, -0.15) is 9.47 Å². The lowest BCUT2D eigenvalue weighted by molar-refractivity contribution is 0.104. The van der Waals surface area contributed by atoms with Crippen molar-refractivity contribution in [1.29, 1.82) is 0 Å². The molecule has 0 spiro atoms. The average Bonchev–Trinajstić information content (AvgIpc) is 3.04. The van der Waals surface area contributed by atoms with E-state index in [-0.39, 0.29) is 11.8 Å². The van der Waals surface area contributed by atoms with Crippen molar-refractivity contribution in [2.75, 3.05) is 7.11 Å². The molecule has 5 nitrogen and oxygen atoms in total. The second-order valence-electron chi connectivity index (χ2n) is 4.23. The fraction of sp³-hybridized carbons (Fsp3) is 0.308. The molecule has 2 aromatic rings. The zero-order valence-electron chi connectivity index (χ0n) is 11.0. The van der Waals surface area contributed by atoms with Crippen LogP contribution >= 0.6 is 11.5 Å². The summed E-state index contributed by atoms with van der Waals surface area (Å²) >= 11 is 1.20. The number of ketones is 1. The van der Waals surface area contributed by atoms with Crippen molar-refractivity contribution in [2.45, 2.75) is 19.9 Å². The fourth-order valence-electron chi connectivity index (χ4n) is 1.68. The Hall–Kier alpha value is -1.95. The Kier molecular flexibility index (Phi) is 4.11. The van der Waals surface area contributed by atoms with Gasteiger partial charge in [-0.05, 0) is 43.6 Å². The lowest BCUT2D eigenvalue weighted by atomic mass is 10.2. The second-order valence-corrected chi connectivity index (χ2v) is 4.86. The first-order chi connectivity index (χ1) is 9.13. The molecule has 2 rings (SSSR count). The Balaban J connectivity index is 2.19. The quantitative estimate of drug-likeness (QED) is 0.623. The van der Waals surface area contributed by atoms with E-state index in [9.17, 15) is 4.79 Å². The molecule has 0 aliphatic heterocycles. The molecule has 0 saturated carbocycles. The molecule has 0 aliphatic carbocycles. The number of hydrogen-bond acceptors (Lipinski definition) is 5.